The van der Waals surface area contributed by atoms with Crippen LogP contribution >= 0.6 is 15.9 Å². The third-order valence-electron chi connectivity index (χ3n) is 3.81. The molecule has 0 saturated heterocycles. The first-order valence-corrected chi connectivity index (χ1v) is 7.75. The Balaban J connectivity index is 1.66. The lowest BCUT2D eigenvalue weighted by Crippen LogP contribution is -2.17. The SMILES string of the molecule is OC1CCC(c2nc(Cc3ccc(Br)cc3)no2)CC1. The van der Waals surface area contributed by atoms with Crippen LogP contribution in [0.15, 0.2) is 33.3 Å². The summed E-state index contributed by atoms with van der Waals surface area (Å²) in [4.78, 5) is 4.51. The van der Waals surface area contributed by atoms with Gasteiger partial charge >= 0.3 is 0 Å². The van der Waals surface area contributed by atoms with Gasteiger partial charge in [0.1, 0.15) is 0 Å². The average Bonchev–Trinajstić information content (AvgIpc) is 2.91. The van der Waals surface area contributed by atoms with Crippen molar-refractivity contribution in [2.24, 2.45) is 0 Å². The summed E-state index contributed by atoms with van der Waals surface area (Å²) in [6.07, 6.45) is 4.05. The maximum Gasteiger partial charge on any atom is 0.229 e. The second-order valence-electron chi connectivity index (χ2n) is 5.36. The summed E-state index contributed by atoms with van der Waals surface area (Å²) in [5.74, 6) is 1.77. The lowest BCUT2D eigenvalue weighted by atomic mass is 9.87. The minimum atomic E-state index is -0.156. The second kappa shape index (κ2) is 6.06. The molecular formula is C15H17BrN2O2. The van der Waals surface area contributed by atoms with E-state index in [1.807, 2.05) is 12.1 Å². The number of benzene rings is 1. The summed E-state index contributed by atoms with van der Waals surface area (Å²) in [6, 6.07) is 8.13. The van der Waals surface area contributed by atoms with Gasteiger partial charge in [0.05, 0.1) is 6.10 Å². The summed E-state index contributed by atoms with van der Waals surface area (Å²) in [5, 5.41) is 13.6. The third-order valence-corrected chi connectivity index (χ3v) is 4.33. The third kappa shape index (κ3) is 3.27. The Morgan fingerprint density at radius 3 is 2.55 bits per heavy atom. The minimum absolute atomic E-state index is 0.156. The van der Waals surface area contributed by atoms with Crippen LogP contribution in [0.1, 0.15) is 48.9 Å². The molecule has 3 rings (SSSR count). The number of halogens is 1. The van der Waals surface area contributed by atoms with Gasteiger partial charge in [0.15, 0.2) is 5.82 Å². The summed E-state index contributed by atoms with van der Waals surface area (Å²) in [6.45, 7) is 0. The van der Waals surface area contributed by atoms with Crippen molar-refractivity contribution in [1.29, 1.82) is 0 Å². The normalized spacial score (nSPS) is 22.9. The van der Waals surface area contributed by atoms with E-state index in [0.29, 0.717) is 12.3 Å². The van der Waals surface area contributed by atoms with Gasteiger partial charge in [0.25, 0.3) is 0 Å². The number of hydrogen-bond donors (Lipinski definition) is 1. The standard InChI is InChI=1S/C15H17BrN2O2/c16-12-5-1-10(2-6-12)9-14-17-15(20-18-14)11-3-7-13(19)8-4-11/h1-2,5-6,11,13,19H,3-4,7-9H2. The molecule has 1 fully saturated rings. The van der Waals surface area contributed by atoms with Crippen molar-refractivity contribution in [3.63, 3.8) is 0 Å². The molecule has 0 bridgehead atoms. The Kier molecular flexibility index (Phi) is 4.17. The fourth-order valence-corrected chi connectivity index (χ4v) is 2.88. The molecule has 1 saturated carbocycles. The summed E-state index contributed by atoms with van der Waals surface area (Å²) < 4.78 is 6.45. The van der Waals surface area contributed by atoms with E-state index < -0.39 is 0 Å². The molecule has 0 atom stereocenters. The molecule has 0 radical (unpaired) electrons. The van der Waals surface area contributed by atoms with E-state index in [1.165, 1.54) is 5.56 Å². The highest BCUT2D eigenvalue weighted by atomic mass is 79.9. The van der Waals surface area contributed by atoms with Gasteiger partial charge in [-0.15, -0.1) is 0 Å². The first kappa shape index (κ1) is 13.8. The number of rotatable bonds is 3. The van der Waals surface area contributed by atoms with Gasteiger partial charge in [-0.3, -0.25) is 0 Å². The van der Waals surface area contributed by atoms with Crippen molar-refractivity contribution >= 4 is 15.9 Å². The van der Waals surface area contributed by atoms with E-state index in [0.717, 1.165) is 41.9 Å². The smallest absolute Gasteiger partial charge is 0.229 e. The number of aliphatic hydroxyl groups is 1. The van der Waals surface area contributed by atoms with E-state index in [-0.39, 0.29) is 6.10 Å². The van der Waals surface area contributed by atoms with Crippen LogP contribution in [0.4, 0.5) is 0 Å². The van der Waals surface area contributed by atoms with E-state index in [9.17, 15) is 5.11 Å². The lowest BCUT2D eigenvalue weighted by Gasteiger charge is -2.22. The second-order valence-corrected chi connectivity index (χ2v) is 6.27. The monoisotopic (exact) mass is 336 g/mol. The van der Waals surface area contributed by atoms with Crippen LogP contribution in [0.5, 0.6) is 0 Å². The highest BCUT2D eigenvalue weighted by Crippen LogP contribution is 2.31. The maximum absolute atomic E-state index is 9.53. The molecule has 0 amide bonds. The van der Waals surface area contributed by atoms with Crippen LogP contribution in [0.2, 0.25) is 0 Å². The molecule has 1 aliphatic rings. The molecule has 1 aromatic heterocycles. The van der Waals surface area contributed by atoms with E-state index in [2.05, 4.69) is 38.2 Å². The van der Waals surface area contributed by atoms with Gasteiger partial charge in [-0.1, -0.05) is 33.2 Å². The predicted octanol–water partition coefficient (Wildman–Crippen LogP) is 3.44. The first-order valence-electron chi connectivity index (χ1n) is 6.95. The molecule has 1 N–H and O–H groups in total. The molecule has 1 aliphatic carbocycles. The largest absolute Gasteiger partial charge is 0.393 e. The van der Waals surface area contributed by atoms with Crippen LogP contribution in [-0.4, -0.2) is 21.4 Å². The minimum Gasteiger partial charge on any atom is -0.393 e. The van der Waals surface area contributed by atoms with Crippen LogP contribution < -0.4 is 0 Å². The van der Waals surface area contributed by atoms with Gasteiger partial charge in [0, 0.05) is 16.8 Å². The topological polar surface area (TPSA) is 59.2 Å². The Hall–Kier alpha value is -1.20. The van der Waals surface area contributed by atoms with Gasteiger partial charge in [-0.05, 0) is 43.4 Å². The Morgan fingerprint density at radius 1 is 1.15 bits per heavy atom. The number of aromatic nitrogens is 2. The molecule has 0 spiro atoms. The lowest BCUT2D eigenvalue weighted by molar-refractivity contribution is 0.116. The quantitative estimate of drug-likeness (QED) is 0.932. The van der Waals surface area contributed by atoms with Crippen LogP contribution in [-0.2, 0) is 6.42 Å². The van der Waals surface area contributed by atoms with Crippen molar-refractivity contribution in [1.82, 2.24) is 10.1 Å². The predicted molar refractivity (Wildman–Crippen MR) is 78.5 cm³/mol. The zero-order chi connectivity index (χ0) is 13.9. The first-order chi connectivity index (χ1) is 9.70. The van der Waals surface area contributed by atoms with Crippen molar-refractivity contribution in [3.8, 4) is 0 Å². The van der Waals surface area contributed by atoms with Crippen LogP contribution in [0, 0.1) is 0 Å². The molecule has 20 heavy (non-hydrogen) atoms. The zero-order valence-electron chi connectivity index (χ0n) is 11.1. The summed E-state index contributed by atoms with van der Waals surface area (Å²) in [7, 11) is 0. The molecule has 0 unspecified atom stereocenters. The van der Waals surface area contributed by atoms with Gasteiger partial charge in [0.2, 0.25) is 5.89 Å². The average molecular weight is 337 g/mol. The molecule has 1 heterocycles. The fourth-order valence-electron chi connectivity index (χ4n) is 2.61. The molecule has 5 heteroatoms. The van der Waals surface area contributed by atoms with Crippen LogP contribution in [0.25, 0.3) is 0 Å². The van der Waals surface area contributed by atoms with Crippen LogP contribution in [0.3, 0.4) is 0 Å². The number of nitrogens with zero attached hydrogens (tertiary/aromatic N) is 2. The Bertz CT molecular complexity index is 560. The Morgan fingerprint density at radius 2 is 1.85 bits per heavy atom. The molecule has 2 aromatic rings. The summed E-state index contributed by atoms with van der Waals surface area (Å²) >= 11 is 3.42. The van der Waals surface area contributed by atoms with Gasteiger partial charge in [-0.2, -0.15) is 4.98 Å². The Labute approximate surface area is 126 Å². The summed E-state index contributed by atoms with van der Waals surface area (Å²) in [5.41, 5.74) is 1.17. The molecular weight excluding hydrogens is 320 g/mol. The van der Waals surface area contributed by atoms with E-state index in [1.54, 1.807) is 0 Å². The fraction of sp³-hybridized carbons (Fsp3) is 0.467. The van der Waals surface area contributed by atoms with Crippen molar-refractivity contribution in [2.75, 3.05) is 0 Å². The van der Waals surface area contributed by atoms with E-state index >= 15 is 0 Å². The number of hydrogen-bond acceptors (Lipinski definition) is 4. The molecule has 1 aromatic carbocycles. The van der Waals surface area contributed by atoms with E-state index in [4.69, 9.17) is 4.52 Å². The highest BCUT2D eigenvalue weighted by Gasteiger charge is 2.25. The maximum atomic E-state index is 9.53. The molecule has 106 valence electrons. The van der Waals surface area contributed by atoms with Gasteiger partial charge in [-0.25, -0.2) is 0 Å². The molecule has 0 aliphatic heterocycles. The zero-order valence-corrected chi connectivity index (χ0v) is 12.7. The van der Waals surface area contributed by atoms with Gasteiger partial charge < -0.3 is 9.63 Å². The van der Waals surface area contributed by atoms with Crippen molar-refractivity contribution < 1.29 is 9.63 Å². The molecule has 4 nitrogen and oxygen atoms in total. The number of aliphatic hydroxyl groups excluding tert-OH is 1. The van der Waals surface area contributed by atoms with Crippen molar-refractivity contribution in [2.45, 2.75) is 44.1 Å². The van der Waals surface area contributed by atoms with Crippen molar-refractivity contribution in [3.05, 3.63) is 46.0 Å². The highest BCUT2D eigenvalue weighted by molar-refractivity contribution is 9.10.